The van der Waals surface area contributed by atoms with Crippen molar-refractivity contribution in [3.05, 3.63) is 144 Å². The molecule has 5 rings (SSSR count). The van der Waals surface area contributed by atoms with Gasteiger partial charge in [-0.1, -0.05) is 84.9 Å². The molecule has 0 unspecified atom stereocenters. The minimum absolute atomic E-state index is 0.0305. The Balaban J connectivity index is 1.36. The molecule has 5 aromatic rings. The number of hydrogen-bond acceptors (Lipinski definition) is 5. The highest BCUT2D eigenvalue weighted by Crippen LogP contribution is 2.26. The first-order chi connectivity index (χ1) is 20.1. The van der Waals surface area contributed by atoms with E-state index >= 15 is 0 Å². The van der Waals surface area contributed by atoms with E-state index in [1.54, 1.807) is 36.4 Å². The van der Waals surface area contributed by atoms with Crippen LogP contribution in [0.15, 0.2) is 127 Å². The summed E-state index contributed by atoms with van der Waals surface area (Å²) in [6.07, 6.45) is 1.75. The maximum atomic E-state index is 13.5. The highest BCUT2D eigenvalue weighted by molar-refractivity contribution is 6.07. The molecule has 0 saturated carbocycles. The Labute approximate surface area is 238 Å². The predicted octanol–water partition coefficient (Wildman–Crippen LogP) is 7.31. The number of benzene rings is 5. The van der Waals surface area contributed by atoms with Crippen LogP contribution in [0.3, 0.4) is 0 Å². The molecular weight excluding hydrogens is 514 g/mol. The average molecular weight is 544 g/mol. The van der Waals surface area contributed by atoms with Crippen LogP contribution < -0.4 is 14.8 Å². The van der Waals surface area contributed by atoms with Crippen LogP contribution in [0.25, 0.3) is 16.8 Å². The summed E-state index contributed by atoms with van der Waals surface area (Å²) < 4.78 is 16.9. The Kier molecular flexibility index (Phi) is 8.72. The van der Waals surface area contributed by atoms with Crippen LogP contribution in [-0.4, -0.2) is 25.6 Å². The van der Waals surface area contributed by atoms with E-state index in [0.29, 0.717) is 34.9 Å². The number of methoxy groups -OCH3 is 1. The standard InChI is InChI=1S/C35H29NO5/c1-39-35(38)28-19-17-25(18-20-28)21-29(24-41-33-16-7-12-27-11-5-6-15-32(27)33)34(37)36-30-13-8-14-31(22-30)40-23-26-9-3-2-4-10-26/h2-22H,23-24H2,1H3,(H,36,37). The van der Waals surface area contributed by atoms with Crippen molar-refractivity contribution in [2.75, 3.05) is 19.0 Å². The molecule has 0 atom stereocenters. The zero-order valence-corrected chi connectivity index (χ0v) is 22.6. The van der Waals surface area contributed by atoms with Gasteiger partial charge in [0.15, 0.2) is 0 Å². The van der Waals surface area contributed by atoms with Crippen LogP contribution in [0.4, 0.5) is 5.69 Å². The third kappa shape index (κ3) is 7.19. The van der Waals surface area contributed by atoms with Gasteiger partial charge in [-0.05, 0) is 52.9 Å². The molecule has 0 saturated heterocycles. The van der Waals surface area contributed by atoms with E-state index in [4.69, 9.17) is 14.2 Å². The lowest BCUT2D eigenvalue weighted by molar-refractivity contribution is -0.113. The Morgan fingerprint density at radius 1 is 0.756 bits per heavy atom. The summed E-state index contributed by atoms with van der Waals surface area (Å²) in [7, 11) is 1.34. The average Bonchev–Trinajstić information content (AvgIpc) is 3.02. The Hall–Kier alpha value is -5.36. The highest BCUT2D eigenvalue weighted by atomic mass is 16.5. The van der Waals surface area contributed by atoms with Crippen molar-refractivity contribution in [1.82, 2.24) is 0 Å². The van der Waals surface area contributed by atoms with Gasteiger partial charge in [-0.3, -0.25) is 4.79 Å². The second kappa shape index (κ2) is 13.1. The second-order valence-corrected chi connectivity index (χ2v) is 9.31. The van der Waals surface area contributed by atoms with Gasteiger partial charge in [0.1, 0.15) is 24.7 Å². The third-order valence-corrected chi connectivity index (χ3v) is 6.44. The van der Waals surface area contributed by atoms with Crippen LogP contribution in [-0.2, 0) is 16.1 Å². The van der Waals surface area contributed by atoms with Gasteiger partial charge < -0.3 is 19.5 Å². The smallest absolute Gasteiger partial charge is 0.337 e. The summed E-state index contributed by atoms with van der Waals surface area (Å²) in [5, 5.41) is 4.98. The molecule has 0 aromatic heterocycles. The number of esters is 1. The van der Waals surface area contributed by atoms with Crippen molar-refractivity contribution in [2.45, 2.75) is 6.61 Å². The number of carbonyl (C=O) groups is 2. The molecule has 41 heavy (non-hydrogen) atoms. The molecule has 0 bridgehead atoms. The Bertz CT molecular complexity index is 1670. The van der Waals surface area contributed by atoms with Gasteiger partial charge >= 0.3 is 5.97 Å². The number of hydrogen-bond donors (Lipinski definition) is 1. The van der Waals surface area contributed by atoms with Crippen molar-refractivity contribution < 1.29 is 23.8 Å². The van der Waals surface area contributed by atoms with Crippen molar-refractivity contribution in [3.63, 3.8) is 0 Å². The van der Waals surface area contributed by atoms with Crippen LogP contribution in [0.2, 0.25) is 0 Å². The van der Waals surface area contributed by atoms with Crippen LogP contribution >= 0.6 is 0 Å². The first-order valence-corrected chi connectivity index (χ1v) is 13.2. The van der Waals surface area contributed by atoms with E-state index in [0.717, 1.165) is 21.9 Å². The fourth-order valence-corrected chi connectivity index (χ4v) is 4.30. The van der Waals surface area contributed by atoms with Crippen LogP contribution in [0, 0.1) is 0 Å². The van der Waals surface area contributed by atoms with Crippen molar-refractivity contribution >= 4 is 34.4 Å². The Morgan fingerprint density at radius 2 is 1.49 bits per heavy atom. The summed E-state index contributed by atoms with van der Waals surface area (Å²) >= 11 is 0. The second-order valence-electron chi connectivity index (χ2n) is 9.31. The van der Waals surface area contributed by atoms with Gasteiger partial charge in [0, 0.05) is 17.1 Å². The summed E-state index contributed by atoms with van der Waals surface area (Å²) in [4.78, 5) is 25.4. The number of rotatable bonds is 10. The quantitative estimate of drug-likeness (QED) is 0.148. The molecule has 0 radical (unpaired) electrons. The zero-order chi connectivity index (χ0) is 28.4. The minimum atomic E-state index is -0.424. The van der Waals surface area contributed by atoms with E-state index in [2.05, 4.69) is 5.32 Å². The van der Waals surface area contributed by atoms with E-state index < -0.39 is 5.97 Å². The maximum absolute atomic E-state index is 13.5. The lowest BCUT2D eigenvalue weighted by Gasteiger charge is -2.14. The molecular formula is C35H29NO5. The minimum Gasteiger partial charge on any atom is -0.489 e. The summed E-state index contributed by atoms with van der Waals surface area (Å²) in [6, 6.07) is 37.7. The number of nitrogens with one attached hydrogen (secondary N) is 1. The zero-order valence-electron chi connectivity index (χ0n) is 22.6. The first kappa shape index (κ1) is 27.2. The number of amides is 1. The van der Waals surface area contributed by atoms with Gasteiger partial charge in [-0.15, -0.1) is 0 Å². The summed E-state index contributed by atoms with van der Waals surface area (Å²) in [5.41, 5.74) is 3.22. The molecule has 0 spiro atoms. The van der Waals surface area contributed by atoms with E-state index in [1.807, 2.05) is 91.0 Å². The van der Waals surface area contributed by atoms with E-state index in [9.17, 15) is 9.59 Å². The lowest BCUT2D eigenvalue weighted by atomic mass is 10.1. The molecule has 0 fully saturated rings. The molecule has 0 aliphatic heterocycles. The predicted molar refractivity (Wildman–Crippen MR) is 161 cm³/mol. The van der Waals surface area contributed by atoms with Gasteiger partial charge in [0.05, 0.1) is 18.2 Å². The van der Waals surface area contributed by atoms with Gasteiger partial charge in [0.2, 0.25) is 0 Å². The third-order valence-electron chi connectivity index (χ3n) is 6.44. The molecule has 1 amide bonds. The molecule has 204 valence electrons. The molecule has 5 aromatic carbocycles. The van der Waals surface area contributed by atoms with Gasteiger partial charge in [0.25, 0.3) is 5.91 Å². The largest absolute Gasteiger partial charge is 0.489 e. The number of ether oxygens (including phenoxy) is 3. The summed E-state index contributed by atoms with van der Waals surface area (Å²) in [6.45, 7) is 0.451. The Morgan fingerprint density at radius 3 is 2.29 bits per heavy atom. The van der Waals surface area contributed by atoms with Crippen molar-refractivity contribution in [3.8, 4) is 11.5 Å². The number of anilines is 1. The molecule has 6 nitrogen and oxygen atoms in total. The normalized spacial score (nSPS) is 11.1. The molecule has 0 aliphatic carbocycles. The molecule has 0 heterocycles. The van der Waals surface area contributed by atoms with Crippen molar-refractivity contribution in [1.29, 1.82) is 0 Å². The van der Waals surface area contributed by atoms with E-state index in [-0.39, 0.29) is 12.5 Å². The van der Waals surface area contributed by atoms with Gasteiger partial charge in [-0.2, -0.15) is 0 Å². The highest BCUT2D eigenvalue weighted by Gasteiger charge is 2.14. The number of carbonyl (C=O) groups excluding carboxylic acids is 2. The lowest BCUT2D eigenvalue weighted by Crippen LogP contribution is -2.19. The first-order valence-electron chi connectivity index (χ1n) is 13.2. The SMILES string of the molecule is COC(=O)c1ccc(C=C(COc2cccc3ccccc23)C(=O)Nc2cccc(OCc3ccccc3)c2)cc1. The van der Waals surface area contributed by atoms with Crippen molar-refractivity contribution in [2.24, 2.45) is 0 Å². The topological polar surface area (TPSA) is 73.9 Å². The fraction of sp³-hybridized carbons (Fsp3) is 0.0857. The molecule has 1 N–H and O–H groups in total. The maximum Gasteiger partial charge on any atom is 0.337 e. The number of fused-ring (bicyclic) bond motifs is 1. The monoisotopic (exact) mass is 543 g/mol. The fourth-order valence-electron chi connectivity index (χ4n) is 4.30. The van der Waals surface area contributed by atoms with Crippen LogP contribution in [0.5, 0.6) is 11.5 Å². The summed E-state index contributed by atoms with van der Waals surface area (Å²) in [5.74, 6) is 0.580. The van der Waals surface area contributed by atoms with Gasteiger partial charge in [-0.25, -0.2) is 4.79 Å². The van der Waals surface area contributed by atoms with E-state index in [1.165, 1.54) is 7.11 Å². The molecule has 6 heteroatoms. The van der Waals surface area contributed by atoms with Crippen LogP contribution in [0.1, 0.15) is 21.5 Å². The molecule has 0 aliphatic rings.